The van der Waals surface area contributed by atoms with Crippen LogP contribution in [0.5, 0.6) is 11.5 Å². The second-order valence-corrected chi connectivity index (χ2v) is 11.9. The molecule has 1 aliphatic heterocycles. The zero-order valence-corrected chi connectivity index (χ0v) is 28.3. The molecule has 0 spiro atoms. The number of nitro groups is 1. The molecule has 0 saturated heterocycles. The van der Waals surface area contributed by atoms with Crippen LogP contribution in [-0.4, -0.2) is 54.2 Å². The Hall–Kier alpha value is -5.77. The van der Waals surface area contributed by atoms with Gasteiger partial charge in [-0.15, -0.1) is 0 Å². The highest BCUT2D eigenvalue weighted by Crippen LogP contribution is 2.42. The van der Waals surface area contributed by atoms with Gasteiger partial charge in [-0.05, 0) is 45.4 Å². The Kier molecular flexibility index (Phi) is 13.5. The molecule has 0 saturated carbocycles. The van der Waals surface area contributed by atoms with E-state index in [4.69, 9.17) is 19.1 Å². The summed E-state index contributed by atoms with van der Waals surface area (Å²) in [4.78, 5) is 61.8. The molecule has 3 aromatic rings. The number of hydrogen-bond acceptors (Lipinski definition) is 11. The molecular weight excluding hydrogens is 712 g/mol. The van der Waals surface area contributed by atoms with Crippen LogP contribution in [0.15, 0.2) is 54.6 Å². The summed E-state index contributed by atoms with van der Waals surface area (Å²) in [5, 5.41) is 11.4. The first-order valence-corrected chi connectivity index (χ1v) is 14.7. The molecule has 52 heavy (non-hydrogen) atoms. The second-order valence-electron chi connectivity index (χ2n) is 11.9. The second kappa shape index (κ2) is 16.5. The van der Waals surface area contributed by atoms with E-state index < -0.39 is 74.1 Å². The monoisotopic (exact) mass is 743 g/mol. The van der Waals surface area contributed by atoms with E-state index in [9.17, 15) is 50.8 Å². The van der Waals surface area contributed by atoms with E-state index >= 15 is 0 Å². The number of rotatable bonds is 7. The highest BCUT2D eigenvalue weighted by Gasteiger charge is 2.42. The van der Waals surface area contributed by atoms with Gasteiger partial charge in [-0.2, -0.15) is 35.9 Å². The van der Waals surface area contributed by atoms with Crippen molar-refractivity contribution in [2.24, 2.45) is 0 Å². The number of Topliss-reactive ketones (excluding diaryl/α,β-unsaturated/α-hetero) is 1. The van der Waals surface area contributed by atoms with Crippen LogP contribution < -0.4 is 9.47 Å². The number of esters is 2. The lowest BCUT2D eigenvalue weighted by Crippen LogP contribution is -2.42. The van der Waals surface area contributed by atoms with Crippen molar-refractivity contribution in [3.63, 3.8) is 0 Å². The van der Waals surface area contributed by atoms with Gasteiger partial charge in [0.15, 0.2) is 17.1 Å². The lowest BCUT2D eigenvalue weighted by Gasteiger charge is -2.32. The van der Waals surface area contributed by atoms with Crippen LogP contribution in [0.4, 0.5) is 32.0 Å². The van der Waals surface area contributed by atoms with E-state index in [2.05, 4.69) is 9.47 Å². The van der Waals surface area contributed by atoms with Gasteiger partial charge in [-0.25, -0.2) is 9.59 Å². The van der Waals surface area contributed by atoms with Gasteiger partial charge in [-0.1, -0.05) is 30.3 Å². The molecule has 4 rings (SSSR count). The summed E-state index contributed by atoms with van der Waals surface area (Å²) in [5.74, 6) is -3.33. The first kappa shape index (κ1) is 42.4. The number of halogens is 6. The molecule has 18 heteroatoms. The number of carbonyl (C=O) groups is 3. The Morgan fingerprint density at radius 1 is 0.885 bits per heavy atom. The van der Waals surface area contributed by atoms with Gasteiger partial charge in [0.25, 0.3) is 0 Å². The van der Waals surface area contributed by atoms with Gasteiger partial charge < -0.3 is 18.9 Å². The fraction of sp³-hybridized carbons (Fsp3) is 0.353. The fourth-order valence-electron chi connectivity index (χ4n) is 4.82. The number of methoxy groups -OCH3 is 2. The molecule has 0 amide bonds. The van der Waals surface area contributed by atoms with E-state index in [0.29, 0.717) is 18.6 Å². The van der Waals surface area contributed by atoms with Gasteiger partial charge in [0.2, 0.25) is 0 Å². The Bertz CT molecular complexity index is 1850. The van der Waals surface area contributed by atoms with Crippen molar-refractivity contribution in [3.8, 4) is 11.5 Å². The average molecular weight is 744 g/mol. The highest BCUT2D eigenvalue weighted by atomic mass is 19.4. The SMILES string of the molecule is COC(=O)c1cc([N+](=O)[O-])c(OC(C)(C)Cc2ccccc2)cc1C(F)(F)F.COC(=O)c1cc2c(cc1C(F)(F)F)OC(C)(C)C(=O)C2.O=C=O. The average Bonchev–Trinajstić information content (AvgIpc) is 3.03. The van der Waals surface area contributed by atoms with Crippen LogP contribution in [0.3, 0.4) is 0 Å². The summed E-state index contributed by atoms with van der Waals surface area (Å²) in [5.41, 5.74) is -5.99. The van der Waals surface area contributed by atoms with Gasteiger partial charge in [0, 0.05) is 30.5 Å². The third kappa shape index (κ3) is 10.9. The van der Waals surface area contributed by atoms with Crippen molar-refractivity contribution in [2.75, 3.05) is 14.2 Å². The minimum Gasteiger partial charge on any atom is -0.480 e. The highest BCUT2D eigenvalue weighted by molar-refractivity contribution is 5.95. The third-order valence-electron chi connectivity index (χ3n) is 7.16. The molecule has 1 heterocycles. The lowest BCUT2D eigenvalue weighted by molar-refractivity contribution is -0.386. The number of benzene rings is 3. The summed E-state index contributed by atoms with van der Waals surface area (Å²) in [6, 6.07) is 11.8. The van der Waals surface area contributed by atoms with E-state index in [0.717, 1.165) is 31.9 Å². The van der Waals surface area contributed by atoms with Crippen molar-refractivity contribution in [2.45, 2.75) is 64.1 Å². The van der Waals surface area contributed by atoms with Crippen LogP contribution in [0, 0.1) is 10.1 Å². The molecule has 0 unspecified atom stereocenters. The molecule has 0 radical (unpaired) electrons. The number of alkyl halides is 6. The van der Waals surface area contributed by atoms with Crippen LogP contribution >= 0.6 is 0 Å². The fourth-order valence-corrected chi connectivity index (χ4v) is 4.82. The Morgan fingerprint density at radius 3 is 1.83 bits per heavy atom. The van der Waals surface area contributed by atoms with Crippen molar-refractivity contribution in [1.29, 1.82) is 0 Å². The number of nitro benzene ring substituents is 1. The van der Waals surface area contributed by atoms with E-state index in [-0.39, 0.29) is 29.7 Å². The molecule has 0 bridgehead atoms. The maximum absolute atomic E-state index is 13.4. The van der Waals surface area contributed by atoms with Crippen molar-refractivity contribution >= 4 is 29.6 Å². The zero-order valence-electron chi connectivity index (χ0n) is 28.3. The lowest BCUT2D eigenvalue weighted by atomic mass is 9.90. The predicted octanol–water partition coefficient (Wildman–Crippen LogP) is 6.99. The molecule has 1 aliphatic rings. The zero-order chi connectivity index (χ0) is 39.8. The van der Waals surface area contributed by atoms with Gasteiger partial charge in [0.05, 0.1) is 41.4 Å². The normalized spacial score (nSPS) is 13.3. The van der Waals surface area contributed by atoms with Gasteiger partial charge in [-0.3, -0.25) is 14.9 Å². The smallest absolute Gasteiger partial charge is 0.417 e. The Labute approximate surface area is 291 Å². The van der Waals surface area contributed by atoms with Crippen molar-refractivity contribution in [3.05, 3.63) is 98.1 Å². The van der Waals surface area contributed by atoms with Crippen molar-refractivity contribution < 1.29 is 74.2 Å². The summed E-state index contributed by atoms with van der Waals surface area (Å²) in [6.07, 6.45) is -9.20. The minimum absolute atomic E-state index is 0.0421. The molecule has 0 aliphatic carbocycles. The molecular formula is C34H31F6NO11. The van der Waals surface area contributed by atoms with Gasteiger partial charge >= 0.3 is 36.1 Å². The summed E-state index contributed by atoms with van der Waals surface area (Å²) >= 11 is 0. The molecule has 0 aromatic heterocycles. The molecule has 0 atom stereocenters. The first-order chi connectivity index (χ1) is 23.9. The minimum atomic E-state index is -4.93. The van der Waals surface area contributed by atoms with E-state index in [1.807, 2.05) is 6.07 Å². The third-order valence-corrected chi connectivity index (χ3v) is 7.16. The Balaban J connectivity index is 0.000000346. The quantitative estimate of drug-likeness (QED) is 0.106. The van der Waals surface area contributed by atoms with Crippen LogP contribution in [0.2, 0.25) is 0 Å². The summed E-state index contributed by atoms with van der Waals surface area (Å²) < 4.78 is 99.0. The maximum atomic E-state index is 13.4. The Morgan fingerprint density at radius 2 is 1.37 bits per heavy atom. The molecule has 12 nitrogen and oxygen atoms in total. The number of carbonyl (C=O) groups excluding carboxylic acids is 5. The largest absolute Gasteiger partial charge is 0.480 e. The molecule has 3 aromatic carbocycles. The van der Waals surface area contributed by atoms with E-state index in [1.54, 1.807) is 38.1 Å². The van der Waals surface area contributed by atoms with E-state index in [1.165, 1.54) is 13.8 Å². The standard InChI is InChI=1S/C19H18F3NO5.C14H13F3O4.CO2/c1-18(2,11-12-7-5-4-6-8-12)28-16-10-14(19(20,21)22)13(17(24)27-3)9-15(16)23(25)26;1-13(2)11(18)5-7-4-8(12(19)20-3)9(14(15,16)17)6-10(7)21-13;2-1-3/h4-10H,11H2,1-3H3;4,6H,5H2,1-3H3;. The number of fused-ring (bicyclic) bond motifs is 1. The summed E-state index contributed by atoms with van der Waals surface area (Å²) in [7, 11) is 1.88. The number of ketones is 1. The topological polar surface area (TPSA) is 165 Å². The number of nitrogens with zero attached hydrogens (tertiary/aromatic N) is 1. The predicted molar refractivity (Wildman–Crippen MR) is 165 cm³/mol. The van der Waals surface area contributed by atoms with Crippen LogP contribution in [-0.2, 0) is 49.1 Å². The number of hydrogen-bond donors (Lipinski definition) is 0. The first-order valence-electron chi connectivity index (χ1n) is 14.7. The summed E-state index contributed by atoms with van der Waals surface area (Å²) in [6.45, 7) is 6.18. The number of ether oxygens (including phenoxy) is 4. The molecule has 0 N–H and O–H groups in total. The van der Waals surface area contributed by atoms with Crippen LogP contribution in [0.25, 0.3) is 0 Å². The molecule has 0 fully saturated rings. The van der Waals surface area contributed by atoms with Crippen molar-refractivity contribution in [1.82, 2.24) is 0 Å². The van der Waals surface area contributed by atoms with Crippen LogP contribution in [0.1, 0.15) is 70.7 Å². The van der Waals surface area contributed by atoms with Gasteiger partial charge in [0.1, 0.15) is 11.4 Å². The molecule has 280 valence electrons. The maximum Gasteiger partial charge on any atom is 0.417 e.